The Morgan fingerprint density at radius 3 is 2.81 bits per heavy atom. The predicted molar refractivity (Wildman–Crippen MR) is 59.1 cm³/mol. The third-order valence-electron chi connectivity index (χ3n) is 2.10. The van der Waals surface area contributed by atoms with Crippen LogP contribution in [0.5, 0.6) is 0 Å². The van der Waals surface area contributed by atoms with Crippen LogP contribution in [0.25, 0.3) is 5.69 Å². The number of nitrogens with zero attached hydrogens (tertiary/aromatic N) is 3. The Balaban J connectivity index is 2.65. The summed E-state index contributed by atoms with van der Waals surface area (Å²) in [7, 11) is 0. The molecule has 0 fully saturated rings. The zero-order valence-electron chi connectivity index (χ0n) is 8.48. The fourth-order valence-corrected chi connectivity index (χ4v) is 1.53. The van der Waals surface area contributed by atoms with Crippen LogP contribution >= 0.6 is 11.6 Å². The van der Waals surface area contributed by atoms with Crippen LogP contribution in [-0.4, -0.2) is 19.3 Å². The number of aromatic amines is 1. The van der Waals surface area contributed by atoms with Gasteiger partial charge in [0.05, 0.1) is 11.9 Å². The van der Waals surface area contributed by atoms with Crippen LogP contribution in [-0.2, 0) is 6.54 Å². The first-order valence-corrected chi connectivity index (χ1v) is 5.04. The second-order valence-electron chi connectivity index (χ2n) is 3.15. The molecule has 0 aromatic carbocycles. The SMILES string of the molecule is CCn1cc(-n2c(=O)cc(Cl)[nH]c2=O)cn1. The van der Waals surface area contributed by atoms with Gasteiger partial charge in [-0.2, -0.15) is 5.10 Å². The van der Waals surface area contributed by atoms with Crippen molar-refractivity contribution in [2.45, 2.75) is 13.5 Å². The highest BCUT2D eigenvalue weighted by molar-refractivity contribution is 6.29. The normalized spacial score (nSPS) is 10.6. The predicted octanol–water partition coefficient (Wildman–Crippen LogP) is 0.396. The minimum atomic E-state index is -0.576. The average Bonchev–Trinajstić information content (AvgIpc) is 2.64. The maximum absolute atomic E-state index is 11.6. The van der Waals surface area contributed by atoms with E-state index in [0.29, 0.717) is 12.2 Å². The van der Waals surface area contributed by atoms with Gasteiger partial charge in [0.2, 0.25) is 0 Å². The smallest absolute Gasteiger partial charge is 0.297 e. The van der Waals surface area contributed by atoms with Gasteiger partial charge in [-0.3, -0.25) is 14.5 Å². The van der Waals surface area contributed by atoms with Crippen molar-refractivity contribution >= 4 is 11.6 Å². The van der Waals surface area contributed by atoms with E-state index in [2.05, 4.69) is 10.1 Å². The van der Waals surface area contributed by atoms with Crippen LogP contribution < -0.4 is 11.2 Å². The van der Waals surface area contributed by atoms with Gasteiger partial charge >= 0.3 is 5.69 Å². The molecule has 0 aliphatic heterocycles. The highest BCUT2D eigenvalue weighted by atomic mass is 35.5. The molecule has 6 nitrogen and oxygen atoms in total. The molecule has 0 radical (unpaired) electrons. The summed E-state index contributed by atoms with van der Waals surface area (Å²) in [5.41, 5.74) is -0.637. The zero-order valence-corrected chi connectivity index (χ0v) is 9.23. The summed E-state index contributed by atoms with van der Waals surface area (Å²) < 4.78 is 2.60. The molecule has 2 rings (SSSR count). The molecule has 2 aromatic rings. The Morgan fingerprint density at radius 1 is 1.50 bits per heavy atom. The molecule has 0 atom stereocenters. The topological polar surface area (TPSA) is 72.7 Å². The van der Waals surface area contributed by atoms with E-state index in [1.54, 1.807) is 10.9 Å². The summed E-state index contributed by atoms with van der Waals surface area (Å²) >= 11 is 5.55. The fraction of sp³-hybridized carbons (Fsp3) is 0.222. The van der Waals surface area contributed by atoms with Gasteiger partial charge < -0.3 is 0 Å². The zero-order chi connectivity index (χ0) is 11.7. The number of hydrogen-bond donors (Lipinski definition) is 1. The van der Waals surface area contributed by atoms with Crippen molar-refractivity contribution in [1.82, 2.24) is 19.3 Å². The van der Waals surface area contributed by atoms with Gasteiger partial charge in [0, 0.05) is 18.8 Å². The number of aryl methyl sites for hydroxylation is 1. The number of H-pyrrole nitrogens is 1. The monoisotopic (exact) mass is 240 g/mol. The molecule has 2 heterocycles. The van der Waals surface area contributed by atoms with Crippen LogP contribution in [0, 0.1) is 0 Å². The van der Waals surface area contributed by atoms with Gasteiger partial charge in [-0.05, 0) is 6.92 Å². The first-order valence-electron chi connectivity index (χ1n) is 4.66. The molecule has 84 valence electrons. The Morgan fingerprint density at radius 2 is 2.25 bits per heavy atom. The Bertz CT molecular complexity index is 594. The number of nitrogens with one attached hydrogen (secondary N) is 1. The molecule has 2 aromatic heterocycles. The van der Waals surface area contributed by atoms with Crippen LogP contribution in [0.2, 0.25) is 5.15 Å². The summed E-state index contributed by atoms with van der Waals surface area (Å²) in [4.78, 5) is 25.5. The standard InChI is InChI=1S/C9H9ClN4O2/c1-2-13-5-6(4-11-13)14-8(15)3-7(10)12-9(14)16/h3-5H,2H2,1H3,(H,12,16). The van der Waals surface area contributed by atoms with E-state index in [0.717, 1.165) is 10.6 Å². The van der Waals surface area contributed by atoms with Crippen LogP contribution in [0.15, 0.2) is 28.0 Å². The first-order chi connectivity index (χ1) is 7.61. The van der Waals surface area contributed by atoms with E-state index < -0.39 is 11.2 Å². The summed E-state index contributed by atoms with van der Waals surface area (Å²) in [5.74, 6) is 0. The molecule has 0 saturated carbocycles. The summed E-state index contributed by atoms with van der Waals surface area (Å²) in [5, 5.41) is 4.01. The summed E-state index contributed by atoms with van der Waals surface area (Å²) in [6.45, 7) is 2.58. The van der Waals surface area contributed by atoms with E-state index in [4.69, 9.17) is 11.6 Å². The number of hydrogen-bond acceptors (Lipinski definition) is 3. The van der Waals surface area contributed by atoms with Crippen LogP contribution in [0.1, 0.15) is 6.92 Å². The molecular weight excluding hydrogens is 232 g/mol. The van der Waals surface area contributed by atoms with Crippen molar-refractivity contribution in [2.24, 2.45) is 0 Å². The van der Waals surface area contributed by atoms with Crippen molar-refractivity contribution in [2.75, 3.05) is 0 Å². The maximum atomic E-state index is 11.6. The quantitative estimate of drug-likeness (QED) is 0.772. The van der Waals surface area contributed by atoms with Crippen molar-refractivity contribution in [3.63, 3.8) is 0 Å². The highest BCUT2D eigenvalue weighted by Crippen LogP contribution is 2.01. The average molecular weight is 241 g/mol. The largest absolute Gasteiger partial charge is 0.334 e. The molecule has 7 heteroatoms. The number of aromatic nitrogens is 4. The lowest BCUT2D eigenvalue weighted by atomic mass is 10.5. The van der Waals surface area contributed by atoms with Gasteiger partial charge in [-0.1, -0.05) is 11.6 Å². The molecule has 0 spiro atoms. The minimum absolute atomic E-state index is 0.0223. The van der Waals surface area contributed by atoms with E-state index in [1.807, 2.05) is 6.92 Å². The lowest BCUT2D eigenvalue weighted by Gasteiger charge is -1.99. The second kappa shape index (κ2) is 3.97. The molecule has 1 N–H and O–H groups in total. The van der Waals surface area contributed by atoms with Gasteiger partial charge in [0.25, 0.3) is 5.56 Å². The van der Waals surface area contributed by atoms with Crippen LogP contribution in [0.3, 0.4) is 0 Å². The number of rotatable bonds is 2. The molecule has 0 unspecified atom stereocenters. The fourth-order valence-electron chi connectivity index (χ4n) is 1.35. The van der Waals surface area contributed by atoms with Crippen molar-refractivity contribution in [1.29, 1.82) is 0 Å². The lowest BCUT2D eigenvalue weighted by molar-refractivity contribution is 0.659. The van der Waals surface area contributed by atoms with Crippen molar-refractivity contribution in [3.05, 3.63) is 44.5 Å². The Hall–Kier alpha value is -1.82. The van der Waals surface area contributed by atoms with E-state index in [9.17, 15) is 9.59 Å². The minimum Gasteiger partial charge on any atom is -0.297 e. The number of halogens is 1. The molecule has 0 aliphatic rings. The third kappa shape index (κ3) is 1.79. The van der Waals surface area contributed by atoms with Gasteiger partial charge in [0.15, 0.2) is 0 Å². The van der Waals surface area contributed by atoms with Crippen molar-refractivity contribution < 1.29 is 0 Å². The highest BCUT2D eigenvalue weighted by Gasteiger charge is 2.07. The molecule has 0 saturated heterocycles. The molecule has 0 amide bonds. The van der Waals surface area contributed by atoms with E-state index >= 15 is 0 Å². The van der Waals surface area contributed by atoms with E-state index in [1.165, 1.54) is 6.20 Å². The molecule has 16 heavy (non-hydrogen) atoms. The Labute approximate surface area is 95.1 Å². The molecular formula is C9H9ClN4O2. The summed E-state index contributed by atoms with van der Waals surface area (Å²) in [6.07, 6.45) is 3.07. The van der Waals surface area contributed by atoms with Gasteiger partial charge in [-0.15, -0.1) is 0 Å². The lowest BCUT2D eigenvalue weighted by Crippen LogP contribution is -2.32. The Kier molecular flexibility index (Phi) is 2.66. The van der Waals surface area contributed by atoms with Gasteiger partial charge in [-0.25, -0.2) is 9.36 Å². The summed E-state index contributed by atoms with van der Waals surface area (Å²) in [6, 6.07) is 1.15. The van der Waals surface area contributed by atoms with E-state index in [-0.39, 0.29) is 5.15 Å². The second-order valence-corrected chi connectivity index (χ2v) is 3.56. The maximum Gasteiger partial charge on any atom is 0.334 e. The third-order valence-corrected chi connectivity index (χ3v) is 2.31. The first kappa shape index (κ1) is 10.7. The van der Waals surface area contributed by atoms with Gasteiger partial charge in [0.1, 0.15) is 5.15 Å². The van der Waals surface area contributed by atoms with Crippen molar-refractivity contribution in [3.8, 4) is 5.69 Å². The molecule has 0 bridgehead atoms. The molecule has 0 aliphatic carbocycles. The van der Waals surface area contributed by atoms with Crippen LogP contribution in [0.4, 0.5) is 0 Å².